The van der Waals surface area contributed by atoms with E-state index in [0.717, 1.165) is 10.8 Å². The van der Waals surface area contributed by atoms with E-state index in [1.807, 2.05) is 30.3 Å². The van der Waals surface area contributed by atoms with Gasteiger partial charge in [0.2, 0.25) is 5.91 Å². The molecule has 1 aliphatic rings. The Morgan fingerprint density at radius 3 is 2.24 bits per heavy atom. The number of anilines is 2. The molecule has 192 valence electrons. The summed E-state index contributed by atoms with van der Waals surface area (Å²) >= 11 is 1.18. The maximum Gasteiger partial charge on any atom is 0.261 e. The molecule has 1 aliphatic heterocycles. The molecule has 1 fully saturated rings. The minimum Gasteiger partial charge on any atom is -0.326 e. The molecule has 0 saturated carbocycles. The number of nitrogens with one attached hydrogen (secondary N) is 2. The number of benzene rings is 3. The van der Waals surface area contributed by atoms with Gasteiger partial charge in [-0.15, -0.1) is 11.3 Å². The van der Waals surface area contributed by atoms with Crippen LogP contribution in [0.4, 0.5) is 11.4 Å². The number of rotatable bonds is 7. The molecule has 2 heterocycles. The fourth-order valence-corrected chi connectivity index (χ4v) is 8.07. The predicted octanol–water partition coefficient (Wildman–Crippen LogP) is 4.74. The van der Waals surface area contributed by atoms with Crippen molar-refractivity contribution in [1.29, 1.82) is 0 Å². The highest BCUT2D eigenvalue weighted by Crippen LogP contribution is 2.28. The van der Waals surface area contributed by atoms with Gasteiger partial charge in [0.25, 0.3) is 20.0 Å². The van der Waals surface area contributed by atoms with Gasteiger partial charge >= 0.3 is 0 Å². The van der Waals surface area contributed by atoms with Crippen molar-refractivity contribution in [2.75, 3.05) is 23.1 Å². The third-order valence-electron chi connectivity index (χ3n) is 6.38. The molecule has 0 radical (unpaired) electrons. The van der Waals surface area contributed by atoms with Crippen LogP contribution in [0, 0.1) is 5.92 Å². The largest absolute Gasteiger partial charge is 0.326 e. The van der Waals surface area contributed by atoms with Crippen LogP contribution in [-0.2, 0) is 24.8 Å². The summed E-state index contributed by atoms with van der Waals surface area (Å²) in [6.07, 6.45) is 0.829. The van der Waals surface area contributed by atoms with Crippen LogP contribution in [0.2, 0.25) is 0 Å². The molecule has 11 heteroatoms. The van der Waals surface area contributed by atoms with Crippen molar-refractivity contribution < 1.29 is 21.6 Å². The summed E-state index contributed by atoms with van der Waals surface area (Å²) in [4.78, 5) is 12.9. The molecule has 0 unspecified atom stereocenters. The molecule has 1 amide bonds. The van der Waals surface area contributed by atoms with E-state index < -0.39 is 20.0 Å². The van der Waals surface area contributed by atoms with Crippen LogP contribution >= 0.6 is 11.3 Å². The van der Waals surface area contributed by atoms with Crippen LogP contribution < -0.4 is 10.0 Å². The first kappa shape index (κ1) is 25.4. The molecule has 0 bridgehead atoms. The van der Waals surface area contributed by atoms with Gasteiger partial charge in [-0.25, -0.2) is 16.8 Å². The molecule has 1 saturated heterocycles. The summed E-state index contributed by atoms with van der Waals surface area (Å²) in [5, 5.41) is 6.28. The number of piperidine rings is 1. The number of thiophene rings is 1. The van der Waals surface area contributed by atoms with Gasteiger partial charge in [0.15, 0.2) is 0 Å². The van der Waals surface area contributed by atoms with E-state index in [1.54, 1.807) is 41.8 Å². The minimum absolute atomic E-state index is 0.0746. The first-order chi connectivity index (χ1) is 17.7. The molecule has 0 aliphatic carbocycles. The molecule has 3 aromatic carbocycles. The van der Waals surface area contributed by atoms with Crippen LogP contribution in [0.5, 0.6) is 0 Å². The van der Waals surface area contributed by atoms with E-state index in [0.29, 0.717) is 28.4 Å². The van der Waals surface area contributed by atoms with Crippen molar-refractivity contribution in [3.8, 4) is 0 Å². The van der Waals surface area contributed by atoms with Crippen LogP contribution in [0.1, 0.15) is 12.8 Å². The molecule has 4 aromatic rings. The Labute approximate surface area is 220 Å². The van der Waals surface area contributed by atoms with Gasteiger partial charge < -0.3 is 5.32 Å². The van der Waals surface area contributed by atoms with Crippen molar-refractivity contribution in [3.63, 3.8) is 0 Å². The highest BCUT2D eigenvalue weighted by Gasteiger charge is 2.32. The lowest BCUT2D eigenvalue weighted by molar-refractivity contribution is -0.120. The third kappa shape index (κ3) is 5.40. The Morgan fingerprint density at radius 2 is 1.54 bits per heavy atom. The van der Waals surface area contributed by atoms with E-state index in [-0.39, 0.29) is 29.8 Å². The standard InChI is InChI=1S/C26H25N3O5S3/c30-26(20-14-16-29(17-15-20)37(33,34)25-9-4-18-35-25)27-21-10-12-22(13-11-21)36(31,32)28-24-8-3-6-19-5-1-2-7-23(19)24/h1-13,18,20,28H,14-17H2,(H,27,30). The van der Waals surface area contributed by atoms with Crippen molar-refractivity contribution in [1.82, 2.24) is 4.31 Å². The summed E-state index contributed by atoms with van der Waals surface area (Å²) in [5.74, 6) is -0.538. The second kappa shape index (κ2) is 10.3. The summed E-state index contributed by atoms with van der Waals surface area (Å²) < 4.78 is 55.7. The highest BCUT2D eigenvalue weighted by atomic mass is 32.2. The molecule has 2 N–H and O–H groups in total. The van der Waals surface area contributed by atoms with Crippen LogP contribution in [-0.4, -0.2) is 40.1 Å². The number of sulfonamides is 2. The van der Waals surface area contributed by atoms with E-state index in [1.165, 1.54) is 27.8 Å². The zero-order valence-corrected chi connectivity index (χ0v) is 22.2. The topological polar surface area (TPSA) is 113 Å². The molecule has 0 spiro atoms. The lowest BCUT2D eigenvalue weighted by Crippen LogP contribution is -2.41. The SMILES string of the molecule is O=C(Nc1ccc(S(=O)(=O)Nc2cccc3ccccc23)cc1)C1CCN(S(=O)(=O)c2cccs2)CC1. The monoisotopic (exact) mass is 555 g/mol. The summed E-state index contributed by atoms with van der Waals surface area (Å²) in [6.45, 7) is 0.546. The summed E-state index contributed by atoms with van der Waals surface area (Å²) in [6, 6.07) is 22.2. The zero-order chi connectivity index (χ0) is 26.0. The predicted molar refractivity (Wildman–Crippen MR) is 146 cm³/mol. The van der Waals surface area contributed by atoms with Gasteiger partial charge in [-0.2, -0.15) is 4.31 Å². The quantitative estimate of drug-likeness (QED) is 0.342. The van der Waals surface area contributed by atoms with Crippen LogP contribution in [0.3, 0.4) is 0 Å². The lowest BCUT2D eigenvalue weighted by atomic mass is 9.97. The number of fused-ring (bicyclic) bond motifs is 1. The maximum atomic E-state index is 13.0. The second-order valence-electron chi connectivity index (χ2n) is 8.76. The molecule has 1 aromatic heterocycles. The average Bonchev–Trinajstić information content (AvgIpc) is 3.45. The van der Waals surface area contributed by atoms with E-state index in [9.17, 15) is 21.6 Å². The third-order valence-corrected chi connectivity index (χ3v) is 11.0. The van der Waals surface area contributed by atoms with Gasteiger partial charge in [-0.05, 0) is 60.0 Å². The Morgan fingerprint density at radius 1 is 0.838 bits per heavy atom. The zero-order valence-electron chi connectivity index (χ0n) is 19.7. The molecule has 37 heavy (non-hydrogen) atoms. The first-order valence-corrected chi connectivity index (χ1v) is 15.5. The highest BCUT2D eigenvalue weighted by molar-refractivity contribution is 7.92. The molecule has 8 nitrogen and oxygen atoms in total. The Hall–Kier alpha value is -3.25. The Kier molecular flexibility index (Phi) is 7.04. The second-order valence-corrected chi connectivity index (χ2v) is 13.6. The first-order valence-electron chi connectivity index (χ1n) is 11.7. The summed E-state index contributed by atoms with van der Waals surface area (Å²) in [5.41, 5.74) is 0.964. The van der Waals surface area contributed by atoms with Crippen LogP contribution in [0.15, 0.2) is 93.3 Å². The number of hydrogen-bond donors (Lipinski definition) is 2. The number of carbonyl (C=O) groups excluding carboxylic acids is 1. The van der Waals surface area contributed by atoms with Gasteiger partial charge in [-0.1, -0.05) is 42.5 Å². The van der Waals surface area contributed by atoms with Crippen molar-refractivity contribution in [3.05, 3.63) is 84.2 Å². The number of carbonyl (C=O) groups is 1. The van der Waals surface area contributed by atoms with Crippen LogP contribution in [0.25, 0.3) is 10.8 Å². The lowest BCUT2D eigenvalue weighted by Gasteiger charge is -2.30. The molecule has 5 rings (SSSR count). The Bertz CT molecular complexity index is 1620. The smallest absolute Gasteiger partial charge is 0.261 e. The maximum absolute atomic E-state index is 13.0. The number of amides is 1. The van der Waals surface area contributed by atoms with Gasteiger partial charge in [0, 0.05) is 30.1 Å². The van der Waals surface area contributed by atoms with Gasteiger partial charge in [0.1, 0.15) is 4.21 Å². The minimum atomic E-state index is -3.83. The van der Waals surface area contributed by atoms with Crippen molar-refractivity contribution in [2.24, 2.45) is 5.92 Å². The number of hydrogen-bond acceptors (Lipinski definition) is 6. The average molecular weight is 556 g/mol. The van der Waals surface area contributed by atoms with E-state index in [2.05, 4.69) is 10.0 Å². The molecule has 0 atom stereocenters. The molecular formula is C26H25N3O5S3. The van der Waals surface area contributed by atoms with Gasteiger partial charge in [0.05, 0.1) is 10.6 Å². The van der Waals surface area contributed by atoms with E-state index >= 15 is 0 Å². The van der Waals surface area contributed by atoms with Crippen molar-refractivity contribution >= 4 is 59.4 Å². The molecular weight excluding hydrogens is 531 g/mol. The fourth-order valence-electron chi connectivity index (χ4n) is 4.38. The van der Waals surface area contributed by atoms with E-state index in [4.69, 9.17) is 0 Å². The Balaban J connectivity index is 1.21. The normalized spacial score (nSPS) is 15.5. The summed E-state index contributed by atoms with van der Waals surface area (Å²) in [7, 11) is -7.36. The van der Waals surface area contributed by atoms with Crippen molar-refractivity contribution in [2.45, 2.75) is 21.9 Å². The van der Waals surface area contributed by atoms with Gasteiger partial charge in [-0.3, -0.25) is 9.52 Å². The number of nitrogens with zero attached hydrogens (tertiary/aromatic N) is 1. The fraction of sp³-hybridized carbons (Fsp3) is 0.192.